The number of ether oxygens (including phenoxy) is 1. The van der Waals surface area contributed by atoms with Crippen LogP contribution in [-0.4, -0.2) is 31.0 Å². The molecule has 0 N–H and O–H groups in total. The van der Waals surface area contributed by atoms with Gasteiger partial charge in [0.15, 0.2) is 0 Å². The van der Waals surface area contributed by atoms with Gasteiger partial charge in [-0.2, -0.15) is 0 Å². The first kappa shape index (κ1) is 15.0. The average molecular weight is 331 g/mol. The number of hydrogen-bond donors (Lipinski definition) is 0. The van der Waals surface area contributed by atoms with Crippen molar-refractivity contribution >= 4 is 10.0 Å². The second-order valence-corrected chi connectivity index (χ2v) is 8.76. The molecule has 3 atom stereocenters. The van der Waals surface area contributed by atoms with Crippen molar-refractivity contribution in [3.8, 4) is 0 Å². The highest BCUT2D eigenvalue weighted by Crippen LogP contribution is 2.53. The molecular formula is C18H21NO3S. The van der Waals surface area contributed by atoms with Crippen molar-refractivity contribution in [2.75, 3.05) is 6.54 Å². The second kappa shape index (κ2) is 4.71. The minimum absolute atomic E-state index is 0.130. The predicted molar refractivity (Wildman–Crippen MR) is 88.3 cm³/mol. The molecule has 1 saturated heterocycles. The minimum atomic E-state index is -3.51. The highest BCUT2D eigenvalue weighted by molar-refractivity contribution is 7.89. The van der Waals surface area contributed by atoms with E-state index < -0.39 is 10.0 Å². The Morgan fingerprint density at radius 3 is 2.48 bits per heavy atom. The van der Waals surface area contributed by atoms with Crippen LogP contribution in [0.1, 0.15) is 25.8 Å². The molecule has 3 heterocycles. The molecule has 4 rings (SSSR count). The molecule has 2 bridgehead atoms. The highest BCUT2D eigenvalue weighted by atomic mass is 32.2. The number of sulfonamides is 1. The summed E-state index contributed by atoms with van der Waals surface area (Å²) in [7, 11) is -3.51. The van der Waals surface area contributed by atoms with E-state index in [1.807, 2.05) is 26.0 Å². The Hall–Kier alpha value is -1.59. The van der Waals surface area contributed by atoms with Crippen LogP contribution in [-0.2, 0) is 14.8 Å². The third-order valence-corrected chi connectivity index (χ3v) is 7.14. The lowest BCUT2D eigenvalue weighted by Gasteiger charge is -2.42. The number of hydrogen-bond acceptors (Lipinski definition) is 3. The van der Waals surface area contributed by atoms with Crippen LogP contribution in [0.5, 0.6) is 0 Å². The van der Waals surface area contributed by atoms with Crippen molar-refractivity contribution in [1.82, 2.24) is 4.31 Å². The molecule has 3 unspecified atom stereocenters. The Morgan fingerprint density at radius 1 is 1.13 bits per heavy atom. The van der Waals surface area contributed by atoms with Crippen LogP contribution in [0.2, 0.25) is 0 Å². The average Bonchev–Trinajstić information content (AvgIpc) is 3.02. The Labute approximate surface area is 137 Å². The van der Waals surface area contributed by atoms with Gasteiger partial charge in [-0.1, -0.05) is 23.8 Å². The van der Waals surface area contributed by atoms with E-state index in [-0.39, 0.29) is 17.6 Å². The van der Waals surface area contributed by atoms with Gasteiger partial charge in [-0.15, -0.1) is 0 Å². The molecule has 1 aromatic carbocycles. The molecule has 5 heteroatoms. The largest absolute Gasteiger partial charge is 0.359 e. The van der Waals surface area contributed by atoms with Crippen LogP contribution >= 0.6 is 0 Å². The van der Waals surface area contributed by atoms with Crippen LogP contribution in [0.3, 0.4) is 0 Å². The van der Waals surface area contributed by atoms with Crippen molar-refractivity contribution < 1.29 is 13.2 Å². The summed E-state index contributed by atoms with van der Waals surface area (Å²) in [6.07, 6.45) is 4.96. The van der Waals surface area contributed by atoms with Gasteiger partial charge in [0.2, 0.25) is 0 Å². The Bertz CT molecular complexity index is 822. The first-order valence-electron chi connectivity index (χ1n) is 7.98. The highest BCUT2D eigenvalue weighted by Gasteiger charge is 2.57. The van der Waals surface area contributed by atoms with Crippen molar-refractivity contribution in [2.45, 2.75) is 43.8 Å². The van der Waals surface area contributed by atoms with Crippen LogP contribution in [0.15, 0.2) is 52.6 Å². The molecule has 0 radical (unpaired) electrons. The summed E-state index contributed by atoms with van der Waals surface area (Å²) < 4.78 is 33.6. The van der Waals surface area contributed by atoms with Gasteiger partial charge >= 0.3 is 0 Å². The lowest BCUT2D eigenvalue weighted by molar-refractivity contribution is 0.0257. The van der Waals surface area contributed by atoms with Crippen molar-refractivity contribution in [2.24, 2.45) is 5.92 Å². The van der Waals surface area contributed by atoms with Gasteiger partial charge in [-0.05, 0) is 50.5 Å². The summed E-state index contributed by atoms with van der Waals surface area (Å²) in [5, 5.41) is 0. The van der Waals surface area contributed by atoms with Crippen LogP contribution in [0.25, 0.3) is 0 Å². The first-order chi connectivity index (χ1) is 10.8. The van der Waals surface area contributed by atoms with Gasteiger partial charge in [-0.3, -0.25) is 4.31 Å². The predicted octanol–water partition coefficient (Wildman–Crippen LogP) is 3.01. The molecule has 0 aliphatic carbocycles. The number of rotatable bonds is 2. The maximum Gasteiger partial charge on any atom is 0.263 e. The van der Waals surface area contributed by atoms with Crippen molar-refractivity contribution in [1.29, 1.82) is 0 Å². The fourth-order valence-electron chi connectivity index (χ4n) is 4.27. The third kappa shape index (κ3) is 1.96. The summed E-state index contributed by atoms with van der Waals surface area (Å²) in [6, 6.07) is 7.03. The van der Waals surface area contributed by atoms with Crippen LogP contribution in [0.4, 0.5) is 0 Å². The molecule has 1 aromatic rings. The van der Waals surface area contributed by atoms with Crippen molar-refractivity contribution in [3.05, 3.63) is 53.3 Å². The van der Waals surface area contributed by atoms with Gasteiger partial charge in [-0.25, -0.2) is 8.42 Å². The smallest absolute Gasteiger partial charge is 0.263 e. The third-order valence-electron chi connectivity index (χ3n) is 5.40. The molecule has 4 nitrogen and oxygen atoms in total. The van der Waals surface area contributed by atoms with E-state index in [0.29, 0.717) is 11.4 Å². The lowest BCUT2D eigenvalue weighted by Crippen LogP contribution is -2.48. The summed E-state index contributed by atoms with van der Waals surface area (Å²) in [4.78, 5) is 0.347. The minimum Gasteiger partial charge on any atom is -0.359 e. The second-order valence-electron chi connectivity index (χ2n) is 6.87. The van der Waals surface area contributed by atoms with Gasteiger partial charge in [0.25, 0.3) is 10.0 Å². The summed E-state index contributed by atoms with van der Waals surface area (Å²) in [5.74, 6) is 0.197. The molecule has 1 spiro atoms. The van der Waals surface area contributed by atoms with E-state index in [4.69, 9.17) is 4.74 Å². The van der Waals surface area contributed by atoms with E-state index in [1.165, 1.54) is 9.88 Å². The lowest BCUT2D eigenvalue weighted by atomic mass is 9.72. The molecule has 0 aromatic heterocycles. The molecule has 0 saturated carbocycles. The molecule has 3 aliphatic heterocycles. The normalized spacial score (nSPS) is 32.6. The fourth-order valence-corrected chi connectivity index (χ4v) is 5.70. The molecule has 122 valence electrons. The monoisotopic (exact) mass is 331 g/mol. The van der Waals surface area contributed by atoms with E-state index in [0.717, 1.165) is 17.6 Å². The van der Waals surface area contributed by atoms with Gasteiger partial charge in [0, 0.05) is 18.7 Å². The number of fused-ring (bicyclic) bond motifs is 1. The summed E-state index contributed by atoms with van der Waals surface area (Å²) >= 11 is 0. The van der Waals surface area contributed by atoms with E-state index >= 15 is 0 Å². The molecule has 23 heavy (non-hydrogen) atoms. The SMILES string of the molecule is CC1=CC2CC3CN(S(=O)(=O)c4ccc(C)cc4)C=C(C)C13O2. The zero-order valence-electron chi connectivity index (χ0n) is 13.6. The number of benzene rings is 1. The Morgan fingerprint density at radius 2 is 1.83 bits per heavy atom. The van der Waals surface area contributed by atoms with Gasteiger partial charge in [0.1, 0.15) is 5.60 Å². The topological polar surface area (TPSA) is 46.6 Å². The molecular weight excluding hydrogens is 310 g/mol. The quantitative estimate of drug-likeness (QED) is 0.783. The zero-order chi connectivity index (χ0) is 16.4. The van der Waals surface area contributed by atoms with Crippen molar-refractivity contribution in [3.63, 3.8) is 0 Å². The van der Waals surface area contributed by atoms with E-state index in [2.05, 4.69) is 13.0 Å². The van der Waals surface area contributed by atoms with Gasteiger partial charge in [0.05, 0.1) is 11.0 Å². The summed E-state index contributed by atoms with van der Waals surface area (Å²) in [5.41, 5.74) is 2.89. The fraction of sp³-hybridized carbons (Fsp3) is 0.444. The summed E-state index contributed by atoms with van der Waals surface area (Å²) in [6.45, 7) is 6.50. The van der Waals surface area contributed by atoms with Crippen LogP contribution < -0.4 is 0 Å². The Balaban J connectivity index is 1.74. The maximum absolute atomic E-state index is 12.9. The van der Waals surface area contributed by atoms with E-state index in [1.54, 1.807) is 18.3 Å². The molecule has 3 aliphatic rings. The van der Waals surface area contributed by atoms with Crippen LogP contribution in [0, 0.1) is 12.8 Å². The zero-order valence-corrected chi connectivity index (χ0v) is 14.4. The molecule has 0 amide bonds. The maximum atomic E-state index is 12.9. The molecule has 1 fully saturated rings. The standard InChI is InChI=1S/C18H21NO3S/c1-12-4-6-17(7-5-12)23(20,21)19-10-14(3)18-13(2)8-16(22-18)9-15(18)11-19/h4-8,10,15-16H,9,11H2,1-3H3. The van der Waals surface area contributed by atoms with E-state index in [9.17, 15) is 8.42 Å². The number of nitrogens with zero attached hydrogens (tertiary/aromatic N) is 1. The first-order valence-corrected chi connectivity index (χ1v) is 9.42. The number of aryl methyl sites for hydroxylation is 1. The Kier molecular flexibility index (Phi) is 3.06. The van der Waals surface area contributed by atoms with Gasteiger partial charge < -0.3 is 4.74 Å².